The highest BCUT2D eigenvalue weighted by Crippen LogP contribution is 2.20. The minimum atomic E-state index is -0.449. The largest absolute Gasteiger partial charge is 0.388 e. The molecule has 0 fully saturated rings. The van der Waals surface area contributed by atoms with E-state index in [1.165, 1.54) is 0 Å². The molecule has 0 aliphatic rings. The lowest BCUT2D eigenvalue weighted by Gasteiger charge is -2.13. The predicted octanol–water partition coefficient (Wildman–Crippen LogP) is 2.42. The van der Waals surface area contributed by atoms with Gasteiger partial charge in [0.25, 0.3) is 0 Å². The van der Waals surface area contributed by atoms with Crippen molar-refractivity contribution in [2.45, 2.75) is 20.0 Å². The molecule has 1 unspecified atom stereocenters. The van der Waals surface area contributed by atoms with Crippen molar-refractivity contribution in [1.82, 2.24) is 4.98 Å². The molecule has 0 aliphatic carbocycles. The molecule has 0 bridgehead atoms. The van der Waals surface area contributed by atoms with Crippen LogP contribution in [0.2, 0.25) is 5.15 Å². The highest BCUT2D eigenvalue weighted by atomic mass is 35.5. The van der Waals surface area contributed by atoms with Gasteiger partial charge in [0, 0.05) is 6.20 Å². The fraction of sp³-hybridized carbons (Fsp3) is 0.444. The van der Waals surface area contributed by atoms with Gasteiger partial charge in [0.05, 0.1) is 6.10 Å². The first-order chi connectivity index (χ1) is 5.61. The van der Waals surface area contributed by atoms with Crippen LogP contribution in [0.15, 0.2) is 18.3 Å². The Morgan fingerprint density at radius 1 is 1.42 bits per heavy atom. The zero-order chi connectivity index (χ0) is 9.14. The van der Waals surface area contributed by atoms with Crippen molar-refractivity contribution in [3.8, 4) is 0 Å². The SMILES string of the molecule is CC(C)C(O)c1ccc(Cl)nc1. The molecule has 0 saturated carbocycles. The highest BCUT2D eigenvalue weighted by Gasteiger charge is 2.11. The molecule has 0 spiro atoms. The van der Waals surface area contributed by atoms with Crippen molar-refractivity contribution in [1.29, 1.82) is 0 Å². The summed E-state index contributed by atoms with van der Waals surface area (Å²) in [6.45, 7) is 3.92. The Labute approximate surface area is 77.2 Å². The zero-order valence-corrected chi connectivity index (χ0v) is 7.92. The first-order valence-corrected chi connectivity index (χ1v) is 4.28. The van der Waals surface area contributed by atoms with Gasteiger partial charge in [-0.25, -0.2) is 4.98 Å². The summed E-state index contributed by atoms with van der Waals surface area (Å²) in [7, 11) is 0. The lowest BCUT2D eigenvalue weighted by atomic mass is 10.0. The van der Waals surface area contributed by atoms with Gasteiger partial charge in [-0.3, -0.25) is 0 Å². The van der Waals surface area contributed by atoms with E-state index in [9.17, 15) is 5.11 Å². The average Bonchev–Trinajstić information content (AvgIpc) is 2.04. The van der Waals surface area contributed by atoms with E-state index in [1.807, 2.05) is 13.8 Å². The molecule has 0 radical (unpaired) electrons. The third-order valence-corrected chi connectivity index (χ3v) is 1.95. The van der Waals surface area contributed by atoms with Crippen LogP contribution in [0.3, 0.4) is 0 Å². The van der Waals surface area contributed by atoms with E-state index in [2.05, 4.69) is 4.98 Å². The number of nitrogens with zero attached hydrogens (tertiary/aromatic N) is 1. The number of hydrogen-bond donors (Lipinski definition) is 1. The monoisotopic (exact) mass is 185 g/mol. The van der Waals surface area contributed by atoms with Crippen LogP contribution in [0.1, 0.15) is 25.5 Å². The number of aromatic nitrogens is 1. The normalized spacial score (nSPS) is 13.4. The molecule has 1 heterocycles. The fourth-order valence-electron chi connectivity index (χ4n) is 0.947. The van der Waals surface area contributed by atoms with Gasteiger partial charge in [0.1, 0.15) is 5.15 Å². The van der Waals surface area contributed by atoms with Crippen LogP contribution in [-0.4, -0.2) is 10.1 Å². The molecule has 1 aromatic heterocycles. The van der Waals surface area contributed by atoms with Crippen molar-refractivity contribution in [2.24, 2.45) is 5.92 Å². The maximum atomic E-state index is 9.61. The molecule has 66 valence electrons. The number of aliphatic hydroxyl groups excluding tert-OH is 1. The number of halogens is 1. The number of aliphatic hydroxyl groups is 1. The average molecular weight is 186 g/mol. The van der Waals surface area contributed by atoms with E-state index in [4.69, 9.17) is 11.6 Å². The smallest absolute Gasteiger partial charge is 0.129 e. The molecule has 0 amide bonds. The second-order valence-corrected chi connectivity index (χ2v) is 3.49. The number of rotatable bonds is 2. The van der Waals surface area contributed by atoms with E-state index in [0.717, 1.165) is 5.56 Å². The van der Waals surface area contributed by atoms with Crippen molar-refractivity contribution in [2.75, 3.05) is 0 Å². The molecule has 1 N–H and O–H groups in total. The molecule has 1 rings (SSSR count). The lowest BCUT2D eigenvalue weighted by molar-refractivity contribution is 0.126. The van der Waals surface area contributed by atoms with Gasteiger partial charge in [0.15, 0.2) is 0 Å². The molecule has 1 atom stereocenters. The van der Waals surface area contributed by atoms with Crippen LogP contribution >= 0.6 is 11.6 Å². The molecule has 0 aromatic carbocycles. The van der Waals surface area contributed by atoms with Crippen LogP contribution in [0.25, 0.3) is 0 Å². The summed E-state index contributed by atoms with van der Waals surface area (Å²) in [5.74, 6) is 0.202. The molecule has 2 nitrogen and oxygen atoms in total. The van der Waals surface area contributed by atoms with Crippen LogP contribution in [-0.2, 0) is 0 Å². The zero-order valence-electron chi connectivity index (χ0n) is 7.16. The van der Waals surface area contributed by atoms with E-state index in [0.29, 0.717) is 5.15 Å². The summed E-state index contributed by atoms with van der Waals surface area (Å²) < 4.78 is 0. The summed E-state index contributed by atoms with van der Waals surface area (Å²) in [5, 5.41) is 10.1. The molecule has 1 aromatic rings. The van der Waals surface area contributed by atoms with Crippen molar-refractivity contribution < 1.29 is 5.11 Å². The Morgan fingerprint density at radius 3 is 2.50 bits per heavy atom. The second-order valence-electron chi connectivity index (χ2n) is 3.10. The Kier molecular flexibility index (Phi) is 3.06. The Morgan fingerprint density at radius 2 is 2.08 bits per heavy atom. The third kappa shape index (κ3) is 2.19. The minimum absolute atomic E-state index is 0.202. The lowest BCUT2D eigenvalue weighted by Crippen LogP contribution is -2.05. The van der Waals surface area contributed by atoms with Crippen molar-refractivity contribution in [3.05, 3.63) is 29.0 Å². The third-order valence-electron chi connectivity index (χ3n) is 1.72. The van der Waals surface area contributed by atoms with Gasteiger partial charge < -0.3 is 5.11 Å². The van der Waals surface area contributed by atoms with Crippen LogP contribution in [0.4, 0.5) is 0 Å². The quantitative estimate of drug-likeness (QED) is 0.718. The van der Waals surface area contributed by atoms with Gasteiger partial charge in [-0.05, 0) is 17.5 Å². The summed E-state index contributed by atoms with van der Waals surface area (Å²) >= 11 is 5.60. The number of pyridine rings is 1. The van der Waals surface area contributed by atoms with E-state index >= 15 is 0 Å². The Balaban J connectivity index is 2.82. The van der Waals surface area contributed by atoms with Crippen molar-refractivity contribution in [3.63, 3.8) is 0 Å². The Bertz CT molecular complexity index is 245. The molecule has 3 heteroatoms. The summed E-state index contributed by atoms with van der Waals surface area (Å²) in [6.07, 6.45) is 1.15. The first-order valence-electron chi connectivity index (χ1n) is 3.91. The summed E-state index contributed by atoms with van der Waals surface area (Å²) in [5.41, 5.74) is 0.814. The molecule has 0 aliphatic heterocycles. The van der Waals surface area contributed by atoms with Gasteiger partial charge in [-0.15, -0.1) is 0 Å². The summed E-state index contributed by atoms with van der Waals surface area (Å²) in [4.78, 5) is 3.89. The van der Waals surface area contributed by atoms with Gasteiger partial charge in [-0.2, -0.15) is 0 Å². The number of hydrogen-bond acceptors (Lipinski definition) is 2. The molecule has 0 saturated heterocycles. The maximum Gasteiger partial charge on any atom is 0.129 e. The van der Waals surface area contributed by atoms with Crippen LogP contribution in [0.5, 0.6) is 0 Å². The van der Waals surface area contributed by atoms with Crippen LogP contribution in [0, 0.1) is 5.92 Å². The molecule has 12 heavy (non-hydrogen) atoms. The second kappa shape index (κ2) is 3.87. The maximum absolute atomic E-state index is 9.61. The Hall–Kier alpha value is -0.600. The van der Waals surface area contributed by atoms with Crippen LogP contribution < -0.4 is 0 Å². The van der Waals surface area contributed by atoms with E-state index in [-0.39, 0.29) is 5.92 Å². The van der Waals surface area contributed by atoms with Crippen molar-refractivity contribution >= 4 is 11.6 Å². The van der Waals surface area contributed by atoms with Gasteiger partial charge in [-0.1, -0.05) is 31.5 Å². The van der Waals surface area contributed by atoms with E-state index in [1.54, 1.807) is 18.3 Å². The predicted molar refractivity (Wildman–Crippen MR) is 49.0 cm³/mol. The first kappa shape index (κ1) is 9.49. The molecular formula is C9H12ClNO. The standard InChI is InChI=1S/C9H12ClNO/c1-6(2)9(12)7-3-4-8(10)11-5-7/h3-6,9,12H,1-2H3. The topological polar surface area (TPSA) is 33.1 Å². The fourth-order valence-corrected chi connectivity index (χ4v) is 1.06. The van der Waals surface area contributed by atoms with E-state index < -0.39 is 6.10 Å². The minimum Gasteiger partial charge on any atom is -0.388 e. The molecular weight excluding hydrogens is 174 g/mol. The highest BCUT2D eigenvalue weighted by molar-refractivity contribution is 6.29. The van der Waals surface area contributed by atoms with Gasteiger partial charge in [0.2, 0.25) is 0 Å². The van der Waals surface area contributed by atoms with Gasteiger partial charge >= 0.3 is 0 Å². The summed E-state index contributed by atoms with van der Waals surface area (Å²) in [6, 6.07) is 3.47.